The molecule has 25 heavy (non-hydrogen) atoms. The minimum absolute atomic E-state index is 0.116. The number of likely N-dealkylation sites (N-methyl/N-ethyl adjacent to an activating group) is 1. The Kier molecular flexibility index (Phi) is 6.48. The SMILES string of the molecule is CC/C(NC=O)=C(\C(=O)c1ccccc1)C(NC)c1cccc(O)c1. The summed E-state index contributed by atoms with van der Waals surface area (Å²) in [5.41, 5.74) is 2.28. The van der Waals surface area contributed by atoms with Crippen molar-refractivity contribution in [1.82, 2.24) is 10.6 Å². The van der Waals surface area contributed by atoms with Crippen molar-refractivity contribution in [2.75, 3.05) is 7.05 Å². The van der Waals surface area contributed by atoms with Crippen LogP contribution >= 0.6 is 0 Å². The maximum absolute atomic E-state index is 13.2. The highest BCUT2D eigenvalue weighted by molar-refractivity contribution is 6.10. The number of hydrogen-bond donors (Lipinski definition) is 3. The largest absolute Gasteiger partial charge is 0.508 e. The van der Waals surface area contributed by atoms with Gasteiger partial charge in [-0.15, -0.1) is 0 Å². The first-order chi connectivity index (χ1) is 12.1. The van der Waals surface area contributed by atoms with Gasteiger partial charge in [0.15, 0.2) is 5.78 Å². The number of phenolic OH excluding ortho intramolecular Hbond substituents is 1. The molecule has 0 fully saturated rings. The van der Waals surface area contributed by atoms with E-state index in [0.29, 0.717) is 29.7 Å². The molecule has 0 aromatic heterocycles. The molecule has 5 heteroatoms. The van der Waals surface area contributed by atoms with Crippen LogP contribution in [0.5, 0.6) is 5.75 Å². The topological polar surface area (TPSA) is 78.4 Å². The van der Waals surface area contributed by atoms with Crippen molar-refractivity contribution < 1.29 is 14.7 Å². The molecule has 5 nitrogen and oxygen atoms in total. The molecule has 0 bridgehead atoms. The number of allylic oxidation sites excluding steroid dienone is 1. The molecule has 130 valence electrons. The summed E-state index contributed by atoms with van der Waals surface area (Å²) in [5.74, 6) is -0.0554. The Morgan fingerprint density at radius 1 is 1.16 bits per heavy atom. The lowest BCUT2D eigenvalue weighted by Crippen LogP contribution is -2.28. The Morgan fingerprint density at radius 2 is 1.88 bits per heavy atom. The Hall–Kier alpha value is -2.92. The molecule has 0 heterocycles. The molecule has 0 saturated heterocycles. The number of nitrogens with one attached hydrogen (secondary N) is 2. The van der Waals surface area contributed by atoms with Gasteiger partial charge in [-0.25, -0.2) is 0 Å². The number of aromatic hydroxyl groups is 1. The number of Topliss-reactive ketones (excluding diaryl/α,β-unsaturated/α-hetero) is 1. The third-order valence-corrected chi connectivity index (χ3v) is 3.97. The van der Waals surface area contributed by atoms with Gasteiger partial charge in [0.05, 0.1) is 6.04 Å². The zero-order valence-electron chi connectivity index (χ0n) is 14.3. The molecule has 0 spiro atoms. The van der Waals surface area contributed by atoms with Crippen molar-refractivity contribution in [1.29, 1.82) is 0 Å². The Balaban J connectivity index is 2.61. The summed E-state index contributed by atoms with van der Waals surface area (Å²) >= 11 is 0. The third-order valence-electron chi connectivity index (χ3n) is 3.97. The Bertz CT molecular complexity index is 770. The van der Waals surface area contributed by atoms with Gasteiger partial charge in [-0.2, -0.15) is 0 Å². The zero-order chi connectivity index (χ0) is 18.2. The van der Waals surface area contributed by atoms with E-state index in [1.807, 2.05) is 19.1 Å². The van der Waals surface area contributed by atoms with Crippen LogP contribution < -0.4 is 10.6 Å². The number of ketones is 1. The second kappa shape index (κ2) is 8.80. The lowest BCUT2D eigenvalue weighted by Gasteiger charge is -2.23. The molecule has 0 radical (unpaired) electrons. The van der Waals surface area contributed by atoms with Crippen molar-refractivity contribution in [3.63, 3.8) is 0 Å². The van der Waals surface area contributed by atoms with Crippen LogP contribution in [-0.2, 0) is 4.79 Å². The van der Waals surface area contributed by atoms with E-state index in [9.17, 15) is 14.7 Å². The van der Waals surface area contributed by atoms with E-state index in [-0.39, 0.29) is 11.5 Å². The fourth-order valence-electron chi connectivity index (χ4n) is 2.81. The fraction of sp³-hybridized carbons (Fsp3) is 0.200. The van der Waals surface area contributed by atoms with Crippen molar-refractivity contribution in [2.24, 2.45) is 0 Å². The predicted octanol–water partition coefficient (Wildman–Crippen LogP) is 2.95. The van der Waals surface area contributed by atoms with Gasteiger partial charge >= 0.3 is 0 Å². The summed E-state index contributed by atoms with van der Waals surface area (Å²) in [6.45, 7) is 1.87. The number of rotatable bonds is 8. The lowest BCUT2D eigenvalue weighted by atomic mass is 9.90. The number of carbonyl (C=O) groups excluding carboxylic acids is 2. The first-order valence-electron chi connectivity index (χ1n) is 8.11. The average Bonchev–Trinajstić information content (AvgIpc) is 2.64. The van der Waals surface area contributed by atoms with Crippen molar-refractivity contribution >= 4 is 12.2 Å². The number of amides is 1. The molecule has 2 rings (SSSR count). The van der Waals surface area contributed by atoms with Crippen LogP contribution in [0.2, 0.25) is 0 Å². The van der Waals surface area contributed by atoms with E-state index < -0.39 is 6.04 Å². The summed E-state index contributed by atoms with van der Waals surface area (Å²) in [6.07, 6.45) is 1.07. The summed E-state index contributed by atoms with van der Waals surface area (Å²) in [4.78, 5) is 24.2. The van der Waals surface area contributed by atoms with Crippen LogP contribution in [0.25, 0.3) is 0 Å². The van der Waals surface area contributed by atoms with E-state index in [2.05, 4.69) is 10.6 Å². The van der Waals surface area contributed by atoms with Crippen molar-refractivity contribution in [2.45, 2.75) is 19.4 Å². The van der Waals surface area contributed by atoms with E-state index in [4.69, 9.17) is 0 Å². The Labute approximate surface area is 147 Å². The van der Waals surface area contributed by atoms with E-state index in [1.54, 1.807) is 49.5 Å². The highest BCUT2D eigenvalue weighted by Gasteiger charge is 2.26. The van der Waals surface area contributed by atoms with Gasteiger partial charge in [0.2, 0.25) is 6.41 Å². The van der Waals surface area contributed by atoms with Gasteiger partial charge in [0.1, 0.15) is 5.75 Å². The maximum atomic E-state index is 13.2. The van der Waals surface area contributed by atoms with Gasteiger partial charge in [0.25, 0.3) is 0 Å². The number of benzene rings is 2. The van der Waals surface area contributed by atoms with Crippen LogP contribution in [-0.4, -0.2) is 24.3 Å². The van der Waals surface area contributed by atoms with E-state index in [1.165, 1.54) is 0 Å². The van der Waals surface area contributed by atoms with E-state index in [0.717, 1.165) is 5.56 Å². The molecule has 0 aliphatic heterocycles. The van der Waals surface area contributed by atoms with Gasteiger partial charge in [-0.05, 0) is 31.2 Å². The summed E-state index contributed by atoms with van der Waals surface area (Å²) in [5, 5.41) is 15.6. The highest BCUT2D eigenvalue weighted by Crippen LogP contribution is 2.29. The number of hydrogen-bond acceptors (Lipinski definition) is 4. The summed E-state index contributed by atoms with van der Waals surface area (Å²) in [6, 6.07) is 15.2. The molecule has 2 aromatic carbocycles. The zero-order valence-corrected chi connectivity index (χ0v) is 14.3. The molecule has 1 amide bonds. The van der Waals surface area contributed by atoms with Crippen molar-refractivity contribution in [3.05, 3.63) is 77.0 Å². The van der Waals surface area contributed by atoms with Crippen molar-refractivity contribution in [3.8, 4) is 5.75 Å². The first-order valence-corrected chi connectivity index (χ1v) is 8.11. The van der Waals surface area contributed by atoms with Gasteiger partial charge in [0, 0.05) is 16.8 Å². The summed E-state index contributed by atoms with van der Waals surface area (Å²) < 4.78 is 0. The first kappa shape index (κ1) is 18.4. The average molecular weight is 338 g/mol. The standard InChI is InChI=1S/C20H22N2O3/c1-3-17(22-13-23)18(20(25)14-8-5-4-6-9-14)19(21-2)15-10-7-11-16(24)12-15/h4-13,19,21,24H,3H2,1-2H3,(H,22,23)/b18-17+. The quantitative estimate of drug-likeness (QED) is 0.393. The molecule has 0 aliphatic carbocycles. The fourth-order valence-corrected chi connectivity index (χ4v) is 2.81. The van der Waals surface area contributed by atoms with Crippen LogP contribution in [0, 0.1) is 0 Å². The van der Waals surface area contributed by atoms with Gasteiger partial charge < -0.3 is 15.7 Å². The monoisotopic (exact) mass is 338 g/mol. The highest BCUT2D eigenvalue weighted by atomic mass is 16.3. The minimum atomic E-state index is -0.470. The minimum Gasteiger partial charge on any atom is -0.508 e. The third kappa shape index (κ3) is 4.33. The molecule has 0 saturated carbocycles. The Morgan fingerprint density at radius 3 is 2.44 bits per heavy atom. The smallest absolute Gasteiger partial charge is 0.211 e. The van der Waals surface area contributed by atoms with Crippen LogP contribution in [0.3, 0.4) is 0 Å². The molecule has 0 aliphatic rings. The van der Waals surface area contributed by atoms with Crippen LogP contribution in [0.4, 0.5) is 0 Å². The van der Waals surface area contributed by atoms with Gasteiger partial charge in [-0.1, -0.05) is 49.4 Å². The number of carbonyl (C=O) groups is 2. The number of phenols is 1. The van der Waals surface area contributed by atoms with Gasteiger partial charge in [-0.3, -0.25) is 9.59 Å². The molecular formula is C20H22N2O3. The normalized spacial score (nSPS) is 12.9. The van der Waals surface area contributed by atoms with E-state index >= 15 is 0 Å². The lowest BCUT2D eigenvalue weighted by molar-refractivity contribution is -0.109. The molecule has 1 unspecified atom stereocenters. The van der Waals surface area contributed by atoms with Crippen LogP contribution in [0.1, 0.15) is 35.3 Å². The summed E-state index contributed by atoms with van der Waals surface area (Å²) in [7, 11) is 1.74. The molecule has 1 atom stereocenters. The molecule has 3 N–H and O–H groups in total. The maximum Gasteiger partial charge on any atom is 0.211 e. The second-order valence-corrected chi connectivity index (χ2v) is 5.52. The molecular weight excluding hydrogens is 316 g/mol. The predicted molar refractivity (Wildman–Crippen MR) is 97.2 cm³/mol. The van der Waals surface area contributed by atoms with Crippen LogP contribution in [0.15, 0.2) is 65.9 Å². The molecule has 2 aromatic rings. The second-order valence-electron chi connectivity index (χ2n) is 5.52.